The molecule has 1 saturated heterocycles. The van der Waals surface area contributed by atoms with Crippen LogP contribution in [0.4, 0.5) is 0 Å². The Morgan fingerprint density at radius 1 is 1.13 bits per heavy atom. The number of nitrogens with one attached hydrogen (secondary N) is 1. The zero-order chi connectivity index (χ0) is 15.8. The fraction of sp³-hybridized carbons (Fsp3) is 0.316. The van der Waals surface area contributed by atoms with Crippen LogP contribution in [0.25, 0.3) is 0 Å². The largest absolute Gasteiger partial charge is 0.352 e. The van der Waals surface area contributed by atoms with E-state index in [-0.39, 0.29) is 5.91 Å². The molecule has 1 N–H and O–H groups in total. The Kier molecular flexibility index (Phi) is 3.83. The predicted molar refractivity (Wildman–Crippen MR) is 91.7 cm³/mol. The zero-order valence-corrected chi connectivity index (χ0v) is 13.6. The Morgan fingerprint density at radius 2 is 1.96 bits per heavy atom. The standard InChI is InChI=1S/C19H19ClN2O/c20-15-6-7-16-17(8-15)18-12-22(10-13-4-2-1-3-5-13)11-14(18)9-21-19(16)23/h1-8,14,18H,9-12H2,(H,21,23)/t14-,18-/m1/s1. The van der Waals surface area contributed by atoms with E-state index in [9.17, 15) is 4.79 Å². The van der Waals surface area contributed by atoms with E-state index in [1.165, 1.54) is 5.56 Å². The van der Waals surface area contributed by atoms with E-state index in [0.29, 0.717) is 16.9 Å². The summed E-state index contributed by atoms with van der Waals surface area (Å²) in [5.74, 6) is 0.842. The van der Waals surface area contributed by atoms with Gasteiger partial charge in [0, 0.05) is 42.7 Å². The van der Waals surface area contributed by atoms with Crippen molar-refractivity contribution in [3.05, 3.63) is 70.2 Å². The van der Waals surface area contributed by atoms with Gasteiger partial charge in [0.25, 0.3) is 5.91 Å². The van der Waals surface area contributed by atoms with Gasteiger partial charge in [0.05, 0.1) is 0 Å². The van der Waals surface area contributed by atoms with Crippen LogP contribution in [-0.2, 0) is 6.54 Å². The summed E-state index contributed by atoms with van der Waals surface area (Å²) in [4.78, 5) is 14.7. The molecule has 0 saturated carbocycles. The molecular formula is C19H19ClN2O. The number of likely N-dealkylation sites (tertiary alicyclic amines) is 1. The van der Waals surface area contributed by atoms with Crippen LogP contribution in [0.3, 0.4) is 0 Å². The molecule has 0 radical (unpaired) electrons. The summed E-state index contributed by atoms with van der Waals surface area (Å²) in [6.45, 7) is 3.67. The molecule has 2 aromatic rings. The van der Waals surface area contributed by atoms with Crippen molar-refractivity contribution in [1.82, 2.24) is 10.2 Å². The lowest BCUT2D eigenvalue weighted by atomic mass is 9.87. The monoisotopic (exact) mass is 326 g/mol. The van der Waals surface area contributed by atoms with Crippen molar-refractivity contribution >= 4 is 17.5 Å². The third-order valence-electron chi connectivity index (χ3n) is 4.95. The Balaban J connectivity index is 1.61. The average Bonchev–Trinajstić information content (AvgIpc) is 2.91. The van der Waals surface area contributed by atoms with Crippen molar-refractivity contribution in [2.45, 2.75) is 12.5 Å². The highest BCUT2D eigenvalue weighted by Gasteiger charge is 2.38. The normalized spacial score (nSPS) is 23.8. The summed E-state index contributed by atoms with van der Waals surface area (Å²) in [7, 11) is 0. The van der Waals surface area contributed by atoms with Crippen LogP contribution in [0.2, 0.25) is 5.02 Å². The van der Waals surface area contributed by atoms with Gasteiger partial charge >= 0.3 is 0 Å². The molecular weight excluding hydrogens is 308 g/mol. The Labute approximate surface area is 141 Å². The highest BCUT2D eigenvalue weighted by Crippen LogP contribution is 2.37. The van der Waals surface area contributed by atoms with Crippen LogP contribution in [0.5, 0.6) is 0 Å². The highest BCUT2D eigenvalue weighted by molar-refractivity contribution is 6.30. The van der Waals surface area contributed by atoms with Gasteiger partial charge in [-0.2, -0.15) is 0 Å². The Morgan fingerprint density at radius 3 is 2.78 bits per heavy atom. The van der Waals surface area contributed by atoms with Crippen LogP contribution in [0.1, 0.15) is 27.4 Å². The molecule has 4 rings (SSSR count). The molecule has 1 amide bonds. The minimum atomic E-state index is 0.0284. The van der Waals surface area contributed by atoms with Gasteiger partial charge in [-0.15, -0.1) is 0 Å². The van der Waals surface area contributed by atoms with Crippen LogP contribution in [0.15, 0.2) is 48.5 Å². The van der Waals surface area contributed by atoms with Gasteiger partial charge < -0.3 is 5.32 Å². The molecule has 118 valence electrons. The van der Waals surface area contributed by atoms with E-state index in [4.69, 9.17) is 11.6 Å². The van der Waals surface area contributed by atoms with Gasteiger partial charge in [0.1, 0.15) is 0 Å². The number of carbonyl (C=O) groups is 1. The van der Waals surface area contributed by atoms with Crippen molar-refractivity contribution in [2.24, 2.45) is 5.92 Å². The molecule has 4 heteroatoms. The van der Waals surface area contributed by atoms with Crippen LogP contribution in [-0.4, -0.2) is 30.4 Å². The molecule has 2 aromatic carbocycles. The van der Waals surface area contributed by atoms with Crippen LogP contribution >= 0.6 is 11.6 Å². The van der Waals surface area contributed by atoms with E-state index in [0.717, 1.165) is 37.3 Å². The maximum Gasteiger partial charge on any atom is 0.251 e. The van der Waals surface area contributed by atoms with Gasteiger partial charge in [-0.1, -0.05) is 41.9 Å². The molecule has 0 unspecified atom stereocenters. The van der Waals surface area contributed by atoms with Crippen molar-refractivity contribution in [2.75, 3.05) is 19.6 Å². The number of halogens is 1. The minimum Gasteiger partial charge on any atom is -0.352 e. The average molecular weight is 327 g/mol. The van der Waals surface area contributed by atoms with Crippen molar-refractivity contribution < 1.29 is 4.79 Å². The molecule has 2 aliphatic heterocycles. The quantitative estimate of drug-likeness (QED) is 0.918. The maximum atomic E-state index is 12.3. The number of hydrogen-bond donors (Lipinski definition) is 1. The summed E-state index contributed by atoms with van der Waals surface area (Å²) in [5.41, 5.74) is 3.22. The lowest BCUT2D eigenvalue weighted by Gasteiger charge is -2.17. The first kappa shape index (κ1) is 14.7. The van der Waals surface area contributed by atoms with Crippen LogP contribution in [0, 0.1) is 5.92 Å². The lowest BCUT2D eigenvalue weighted by molar-refractivity contribution is 0.0951. The van der Waals surface area contributed by atoms with E-state index in [1.807, 2.05) is 18.2 Å². The first-order valence-corrected chi connectivity index (χ1v) is 8.42. The molecule has 3 nitrogen and oxygen atoms in total. The number of nitrogens with zero attached hydrogens (tertiary/aromatic N) is 1. The second kappa shape index (κ2) is 5.99. The first-order chi connectivity index (χ1) is 11.2. The van der Waals surface area contributed by atoms with Gasteiger partial charge in [-0.25, -0.2) is 0 Å². The highest BCUT2D eigenvalue weighted by atomic mass is 35.5. The summed E-state index contributed by atoms with van der Waals surface area (Å²) >= 11 is 6.19. The van der Waals surface area contributed by atoms with E-state index >= 15 is 0 Å². The fourth-order valence-electron chi connectivity index (χ4n) is 3.86. The SMILES string of the molecule is O=C1NC[C@@H]2CN(Cc3ccccc3)C[C@H]2c2cc(Cl)ccc21. The van der Waals surface area contributed by atoms with Crippen molar-refractivity contribution in [3.8, 4) is 0 Å². The summed E-state index contributed by atoms with van der Waals surface area (Å²) in [5, 5.41) is 3.77. The zero-order valence-electron chi connectivity index (χ0n) is 12.8. The second-order valence-corrected chi connectivity index (χ2v) is 6.92. The maximum absolute atomic E-state index is 12.3. The number of fused-ring (bicyclic) bond motifs is 3. The Bertz CT molecular complexity index is 731. The molecule has 2 aliphatic rings. The number of carbonyl (C=O) groups excluding carboxylic acids is 1. The lowest BCUT2D eigenvalue weighted by Crippen LogP contribution is -2.29. The van der Waals surface area contributed by atoms with E-state index in [2.05, 4.69) is 34.5 Å². The molecule has 0 spiro atoms. The van der Waals surface area contributed by atoms with Crippen molar-refractivity contribution in [3.63, 3.8) is 0 Å². The molecule has 0 aromatic heterocycles. The number of benzene rings is 2. The smallest absolute Gasteiger partial charge is 0.251 e. The van der Waals surface area contributed by atoms with Gasteiger partial charge in [-0.3, -0.25) is 9.69 Å². The number of rotatable bonds is 2. The molecule has 0 bridgehead atoms. The predicted octanol–water partition coefficient (Wildman–Crippen LogP) is 3.30. The van der Waals surface area contributed by atoms with Crippen molar-refractivity contribution in [1.29, 1.82) is 0 Å². The molecule has 23 heavy (non-hydrogen) atoms. The first-order valence-electron chi connectivity index (χ1n) is 8.04. The van der Waals surface area contributed by atoms with Crippen LogP contribution < -0.4 is 5.32 Å². The summed E-state index contributed by atoms with van der Waals surface area (Å²) in [6.07, 6.45) is 0. The molecule has 2 atom stereocenters. The topological polar surface area (TPSA) is 32.3 Å². The van der Waals surface area contributed by atoms with E-state index in [1.54, 1.807) is 6.07 Å². The number of hydrogen-bond acceptors (Lipinski definition) is 2. The van der Waals surface area contributed by atoms with E-state index < -0.39 is 0 Å². The Hall–Kier alpha value is -1.84. The van der Waals surface area contributed by atoms with Gasteiger partial charge in [0.2, 0.25) is 0 Å². The van der Waals surface area contributed by atoms with Gasteiger partial charge in [0.15, 0.2) is 0 Å². The third kappa shape index (κ3) is 2.87. The molecule has 1 fully saturated rings. The molecule has 0 aliphatic carbocycles. The minimum absolute atomic E-state index is 0.0284. The second-order valence-electron chi connectivity index (χ2n) is 6.49. The summed E-state index contributed by atoms with van der Waals surface area (Å²) in [6, 6.07) is 16.2. The van der Waals surface area contributed by atoms with Gasteiger partial charge in [-0.05, 0) is 35.2 Å². The third-order valence-corrected chi connectivity index (χ3v) is 5.18. The fourth-order valence-corrected chi connectivity index (χ4v) is 4.04. The molecule has 2 heterocycles. The number of amides is 1. The summed E-state index contributed by atoms with van der Waals surface area (Å²) < 4.78 is 0.